The molecule has 0 fully saturated rings. The van der Waals surface area contributed by atoms with E-state index < -0.39 is 0 Å². The summed E-state index contributed by atoms with van der Waals surface area (Å²) in [6.07, 6.45) is 0. The fourth-order valence-corrected chi connectivity index (χ4v) is 9.52. The van der Waals surface area contributed by atoms with Gasteiger partial charge in [0.1, 0.15) is 0 Å². The molecule has 0 aliphatic heterocycles. The molecule has 0 bridgehead atoms. The van der Waals surface area contributed by atoms with Crippen molar-refractivity contribution in [2.45, 2.75) is 0 Å². The Hall–Kier alpha value is -7.68. The topological polar surface area (TPSA) is 9.86 Å². The van der Waals surface area contributed by atoms with Crippen molar-refractivity contribution in [2.75, 3.05) is 0 Å². The molecule has 0 atom stereocenters. The number of fused-ring (bicyclic) bond motifs is 8. The Morgan fingerprint density at radius 3 is 1.22 bits per heavy atom. The summed E-state index contributed by atoms with van der Waals surface area (Å²) in [5, 5.41) is 9.90. The Labute approximate surface area is 336 Å². The predicted octanol–water partition coefficient (Wildman–Crippen LogP) is 15.2. The normalized spacial score (nSPS) is 11.8. The highest BCUT2D eigenvalue weighted by Gasteiger charge is 2.22. The van der Waals surface area contributed by atoms with Crippen LogP contribution in [0.5, 0.6) is 0 Å². The van der Waals surface area contributed by atoms with Gasteiger partial charge in [0.05, 0.1) is 27.8 Å². The number of para-hydroxylation sites is 2. The number of aromatic nitrogens is 2. The van der Waals surface area contributed by atoms with Crippen molar-refractivity contribution in [2.24, 2.45) is 0 Å². The van der Waals surface area contributed by atoms with Gasteiger partial charge in [-0.1, -0.05) is 170 Å². The highest BCUT2D eigenvalue weighted by molar-refractivity contribution is 6.22. The van der Waals surface area contributed by atoms with Gasteiger partial charge in [-0.15, -0.1) is 0 Å². The molecule has 2 heteroatoms. The van der Waals surface area contributed by atoms with Crippen molar-refractivity contribution >= 4 is 65.2 Å². The molecule has 2 nitrogen and oxygen atoms in total. The second-order valence-corrected chi connectivity index (χ2v) is 15.3. The minimum Gasteiger partial charge on any atom is -0.309 e. The fraction of sp³-hybridized carbons (Fsp3) is 0. The summed E-state index contributed by atoms with van der Waals surface area (Å²) in [6, 6.07) is 80.0. The van der Waals surface area contributed by atoms with Gasteiger partial charge in [0.15, 0.2) is 0 Å². The van der Waals surface area contributed by atoms with Crippen LogP contribution in [-0.2, 0) is 0 Å². The Morgan fingerprint density at radius 1 is 0.224 bits per heavy atom. The third kappa shape index (κ3) is 4.92. The molecule has 0 spiro atoms. The molecule has 0 amide bonds. The first-order valence-corrected chi connectivity index (χ1v) is 20.0. The van der Waals surface area contributed by atoms with Crippen molar-refractivity contribution in [1.82, 2.24) is 9.13 Å². The van der Waals surface area contributed by atoms with E-state index in [0.29, 0.717) is 0 Å². The molecule has 0 saturated carbocycles. The first-order chi connectivity index (χ1) is 28.8. The van der Waals surface area contributed by atoms with Crippen LogP contribution in [0.25, 0.3) is 110 Å². The standard InChI is InChI=1S/C56H36N2/c1-4-16-37(17-5-1)39-29-32-52-49(34-39)50-35-40(38-18-6-2-7-19-38)30-33-53(50)58(52)56-47-25-12-10-23-45(47)55(46-24-11-13-26-48(46)56)41-28-31-44-43-22-14-15-27-51(43)57(54(44)36-41)42-20-8-3-9-21-42/h1-36H. The summed E-state index contributed by atoms with van der Waals surface area (Å²) in [6.45, 7) is 0. The molecule has 12 rings (SSSR count). The number of benzene rings is 10. The molecule has 2 heterocycles. The van der Waals surface area contributed by atoms with Gasteiger partial charge in [-0.2, -0.15) is 0 Å². The second kappa shape index (κ2) is 12.9. The molecule has 0 aliphatic carbocycles. The number of hydrogen-bond acceptors (Lipinski definition) is 0. The van der Waals surface area contributed by atoms with Crippen molar-refractivity contribution in [3.63, 3.8) is 0 Å². The van der Waals surface area contributed by atoms with Crippen LogP contribution in [0, 0.1) is 0 Å². The van der Waals surface area contributed by atoms with Gasteiger partial charge in [0, 0.05) is 38.0 Å². The van der Waals surface area contributed by atoms with E-state index >= 15 is 0 Å². The molecular weight excluding hydrogens is 701 g/mol. The van der Waals surface area contributed by atoms with Crippen molar-refractivity contribution in [3.8, 4) is 44.8 Å². The van der Waals surface area contributed by atoms with Crippen molar-refractivity contribution in [1.29, 1.82) is 0 Å². The van der Waals surface area contributed by atoms with Crippen LogP contribution in [0.2, 0.25) is 0 Å². The van der Waals surface area contributed by atoms with Crippen LogP contribution in [0.3, 0.4) is 0 Å². The summed E-state index contributed by atoms with van der Waals surface area (Å²) < 4.78 is 4.94. The summed E-state index contributed by atoms with van der Waals surface area (Å²) in [4.78, 5) is 0. The molecule has 0 N–H and O–H groups in total. The maximum atomic E-state index is 2.53. The van der Waals surface area contributed by atoms with Crippen LogP contribution < -0.4 is 0 Å². The largest absolute Gasteiger partial charge is 0.309 e. The van der Waals surface area contributed by atoms with E-state index in [1.807, 2.05) is 0 Å². The molecule has 58 heavy (non-hydrogen) atoms. The molecule has 12 aromatic rings. The molecular formula is C56H36N2. The highest BCUT2D eigenvalue weighted by Crippen LogP contribution is 2.46. The molecule has 2 aromatic heterocycles. The van der Waals surface area contributed by atoms with Crippen LogP contribution in [0.4, 0.5) is 0 Å². The lowest BCUT2D eigenvalue weighted by atomic mass is 9.90. The molecule has 0 aliphatic rings. The minimum absolute atomic E-state index is 1.16. The lowest BCUT2D eigenvalue weighted by Crippen LogP contribution is -1.99. The van der Waals surface area contributed by atoms with Gasteiger partial charge in [0.25, 0.3) is 0 Å². The van der Waals surface area contributed by atoms with Crippen LogP contribution in [0.15, 0.2) is 218 Å². The highest BCUT2D eigenvalue weighted by atomic mass is 15.0. The molecule has 0 saturated heterocycles. The van der Waals surface area contributed by atoms with Gasteiger partial charge in [0.2, 0.25) is 0 Å². The molecule has 270 valence electrons. The van der Waals surface area contributed by atoms with E-state index in [1.54, 1.807) is 0 Å². The zero-order chi connectivity index (χ0) is 38.2. The monoisotopic (exact) mass is 736 g/mol. The zero-order valence-electron chi connectivity index (χ0n) is 31.7. The Morgan fingerprint density at radius 2 is 0.655 bits per heavy atom. The lowest BCUT2D eigenvalue weighted by molar-refractivity contribution is 1.18. The first-order valence-electron chi connectivity index (χ1n) is 20.0. The molecule has 0 radical (unpaired) electrons. The predicted molar refractivity (Wildman–Crippen MR) is 246 cm³/mol. The average Bonchev–Trinajstić information content (AvgIpc) is 3.80. The minimum atomic E-state index is 1.16. The van der Waals surface area contributed by atoms with E-state index in [2.05, 4.69) is 228 Å². The van der Waals surface area contributed by atoms with Crippen molar-refractivity contribution < 1.29 is 0 Å². The zero-order valence-corrected chi connectivity index (χ0v) is 31.7. The van der Waals surface area contributed by atoms with Gasteiger partial charge in [-0.05, 0) is 92.7 Å². The maximum Gasteiger partial charge on any atom is 0.0619 e. The van der Waals surface area contributed by atoms with Crippen LogP contribution >= 0.6 is 0 Å². The molecule has 10 aromatic carbocycles. The summed E-state index contributed by atoms with van der Waals surface area (Å²) in [5.74, 6) is 0. The van der Waals surface area contributed by atoms with E-state index in [4.69, 9.17) is 0 Å². The summed E-state index contributed by atoms with van der Waals surface area (Å²) >= 11 is 0. The first kappa shape index (κ1) is 32.6. The fourth-order valence-electron chi connectivity index (χ4n) is 9.52. The van der Waals surface area contributed by atoms with E-state index in [0.717, 1.165) is 5.69 Å². The van der Waals surface area contributed by atoms with Gasteiger partial charge in [-0.25, -0.2) is 0 Å². The van der Waals surface area contributed by atoms with E-state index in [9.17, 15) is 0 Å². The van der Waals surface area contributed by atoms with E-state index in [-0.39, 0.29) is 0 Å². The van der Waals surface area contributed by atoms with Crippen LogP contribution in [-0.4, -0.2) is 9.13 Å². The lowest BCUT2D eigenvalue weighted by Gasteiger charge is -2.20. The average molecular weight is 737 g/mol. The van der Waals surface area contributed by atoms with Gasteiger partial charge < -0.3 is 9.13 Å². The quantitative estimate of drug-likeness (QED) is 0.156. The SMILES string of the molecule is c1ccc(-c2ccc3c(c2)c2cc(-c4ccccc4)ccc2n3-c2c3ccccc3c(-c3ccc4c5ccccc5n(-c5ccccc5)c4c3)c3ccccc23)cc1. The number of nitrogens with zero attached hydrogens (tertiary/aromatic N) is 2. The Kier molecular flexibility index (Phi) is 7.26. The second-order valence-electron chi connectivity index (χ2n) is 15.3. The molecule has 0 unspecified atom stereocenters. The smallest absolute Gasteiger partial charge is 0.0619 e. The Bertz CT molecular complexity index is 3380. The third-order valence-corrected chi connectivity index (χ3v) is 12.1. The van der Waals surface area contributed by atoms with Crippen LogP contribution in [0.1, 0.15) is 0 Å². The van der Waals surface area contributed by atoms with Crippen molar-refractivity contribution in [3.05, 3.63) is 218 Å². The van der Waals surface area contributed by atoms with Gasteiger partial charge >= 0.3 is 0 Å². The Balaban J connectivity index is 1.17. The van der Waals surface area contributed by atoms with Gasteiger partial charge in [-0.3, -0.25) is 0 Å². The number of rotatable bonds is 5. The summed E-state index contributed by atoms with van der Waals surface area (Å²) in [7, 11) is 0. The maximum absolute atomic E-state index is 2.53. The summed E-state index contributed by atoms with van der Waals surface area (Å²) in [5.41, 5.74) is 14.5. The number of hydrogen-bond donors (Lipinski definition) is 0. The van der Waals surface area contributed by atoms with E-state index in [1.165, 1.54) is 104 Å². The third-order valence-electron chi connectivity index (χ3n) is 12.1.